The van der Waals surface area contributed by atoms with Gasteiger partial charge in [0, 0.05) is 34.9 Å². The number of nitrogens with one attached hydrogen (secondary N) is 4. The van der Waals surface area contributed by atoms with Gasteiger partial charge >= 0.3 is 6.03 Å². The van der Waals surface area contributed by atoms with Gasteiger partial charge in [0.1, 0.15) is 5.00 Å². The van der Waals surface area contributed by atoms with E-state index in [0.717, 1.165) is 10.4 Å². The lowest BCUT2D eigenvalue weighted by Crippen LogP contribution is -2.42. The van der Waals surface area contributed by atoms with Crippen LogP contribution >= 0.6 is 34.5 Å². The summed E-state index contributed by atoms with van der Waals surface area (Å²) in [5.74, 6) is -0.575. The van der Waals surface area contributed by atoms with Gasteiger partial charge in [-0.3, -0.25) is 20.3 Å². The van der Waals surface area contributed by atoms with Gasteiger partial charge < -0.3 is 10.2 Å². The molecule has 8 nitrogen and oxygen atoms in total. The molecule has 208 valence electrons. The fourth-order valence-electron chi connectivity index (χ4n) is 4.38. The summed E-state index contributed by atoms with van der Waals surface area (Å²) in [6, 6.07) is 4.54. The molecule has 11 heteroatoms. The van der Waals surface area contributed by atoms with Crippen molar-refractivity contribution in [3.05, 3.63) is 44.2 Å². The quantitative estimate of drug-likeness (QED) is 0.302. The smallest absolute Gasteiger partial charge is 0.309 e. The molecular weight excluding hydrogens is 545 g/mol. The molecule has 1 fully saturated rings. The van der Waals surface area contributed by atoms with Gasteiger partial charge in [-0.2, -0.15) is 0 Å². The number of rotatable bonds is 7. The van der Waals surface area contributed by atoms with E-state index in [2.05, 4.69) is 42.3 Å². The number of halogens is 2. The fourth-order valence-corrected chi connectivity index (χ4v) is 6.03. The lowest BCUT2D eigenvalue weighted by atomic mass is 9.78. The molecule has 0 spiro atoms. The Balaban J connectivity index is 2.04. The zero-order valence-corrected chi connectivity index (χ0v) is 25.3. The second kappa shape index (κ2) is 11.9. The topological polar surface area (TPSA) is 103 Å². The molecule has 0 aliphatic carbocycles. The van der Waals surface area contributed by atoms with Crippen LogP contribution in [-0.2, 0) is 16.6 Å². The van der Waals surface area contributed by atoms with E-state index in [1.165, 1.54) is 11.3 Å². The number of carbonyl (C=O) groups excluding carboxylic acids is 3. The van der Waals surface area contributed by atoms with Gasteiger partial charge in [-0.25, -0.2) is 10.2 Å². The normalized spacial score (nSPS) is 17.6. The van der Waals surface area contributed by atoms with E-state index in [0.29, 0.717) is 47.2 Å². The molecule has 1 aliphatic rings. The molecule has 3 amide bonds. The molecule has 2 heterocycles. The van der Waals surface area contributed by atoms with E-state index in [4.69, 9.17) is 23.2 Å². The van der Waals surface area contributed by atoms with Crippen LogP contribution in [0.4, 0.5) is 15.5 Å². The second-order valence-electron chi connectivity index (χ2n) is 11.6. The highest BCUT2D eigenvalue weighted by molar-refractivity contribution is 7.17. The van der Waals surface area contributed by atoms with Crippen LogP contribution in [0.1, 0.15) is 61.8 Å². The maximum atomic E-state index is 14.2. The minimum atomic E-state index is -0.706. The molecule has 0 bridgehead atoms. The van der Waals surface area contributed by atoms with E-state index >= 15 is 0 Å². The molecule has 0 radical (unpaired) electrons. The number of benzene rings is 1. The van der Waals surface area contributed by atoms with Crippen molar-refractivity contribution in [2.45, 2.75) is 52.9 Å². The Hall–Kier alpha value is -2.17. The molecule has 38 heavy (non-hydrogen) atoms. The number of nitrogens with zero attached hydrogens (tertiary/aromatic N) is 1. The van der Waals surface area contributed by atoms with Crippen LogP contribution in [0.3, 0.4) is 0 Å². The summed E-state index contributed by atoms with van der Waals surface area (Å²) in [5, 5.41) is 6.94. The summed E-state index contributed by atoms with van der Waals surface area (Å²) < 4.78 is 0. The maximum absolute atomic E-state index is 14.2. The van der Waals surface area contributed by atoms with Crippen LogP contribution in [-0.4, -0.2) is 49.8 Å². The molecule has 1 aromatic carbocycles. The van der Waals surface area contributed by atoms with Crippen LogP contribution in [0, 0.1) is 11.3 Å². The molecule has 1 saturated heterocycles. The van der Waals surface area contributed by atoms with Crippen molar-refractivity contribution in [2.24, 2.45) is 11.3 Å². The summed E-state index contributed by atoms with van der Waals surface area (Å²) >= 11 is 13.8. The minimum absolute atomic E-state index is 0.0247. The summed E-state index contributed by atoms with van der Waals surface area (Å²) in [6.07, 6.45) is 0.975. The zero-order chi connectivity index (χ0) is 28.4. The van der Waals surface area contributed by atoms with Crippen molar-refractivity contribution in [1.82, 2.24) is 15.8 Å². The average Bonchev–Trinajstić information content (AvgIpc) is 3.10. The third kappa shape index (κ3) is 7.07. The predicted octanol–water partition coefficient (Wildman–Crippen LogP) is 5.95. The highest BCUT2D eigenvalue weighted by atomic mass is 35.5. The van der Waals surface area contributed by atoms with E-state index in [9.17, 15) is 14.4 Å². The van der Waals surface area contributed by atoms with Gasteiger partial charge in [-0.15, -0.1) is 11.3 Å². The molecule has 1 atom stereocenters. The third-order valence-electron chi connectivity index (χ3n) is 6.46. The molecule has 1 unspecified atom stereocenters. The maximum Gasteiger partial charge on any atom is 0.324 e. The Morgan fingerprint density at radius 3 is 2.50 bits per heavy atom. The second-order valence-corrected chi connectivity index (χ2v) is 13.4. The Morgan fingerprint density at radius 1 is 1.18 bits per heavy atom. The number of carbonyl (C=O) groups is 3. The summed E-state index contributed by atoms with van der Waals surface area (Å²) in [5.41, 5.74) is 6.40. The first-order valence-corrected chi connectivity index (χ1v) is 14.1. The van der Waals surface area contributed by atoms with Gasteiger partial charge in [0.2, 0.25) is 5.91 Å². The molecule has 3 rings (SSSR count). The first kappa shape index (κ1) is 30.4. The zero-order valence-electron chi connectivity index (χ0n) is 23.0. The SMILES string of the molecule is CN(C)CCc1c(NC(=O)Nc2cccc(Cl)c2Cl)sc(C(C)(C)C)c1C(=O)C1CNNC(=O)C(C)(C)C1. The fraction of sp³-hybridized carbons (Fsp3) is 0.519. The molecule has 2 aromatic rings. The van der Waals surface area contributed by atoms with E-state index in [1.54, 1.807) is 18.2 Å². The van der Waals surface area contributed by atoms with Gasteiger partial charge in [0.25, 0.3) is 0 Å². The Kier molecular flexibility index (Phi) is 9.53. The number of thiophene rings is 1. The van der Waals surface area contributed by atoms with Crippen LogP contribution in [0.2, 0.25) is 10.0 Å². The lowest BCUT2D eigenvalue weighted by molar-refractivity contribution is -0.130. The van der Waals surface area contributed by atoms with Gasteiger partial charge in [0.15, 0.2) is 5.78 Å². The number of hydrogen-bond acceptors (Lipinski definition) is 6. The molecular formula is C27H37Cl2N5O3S. The predicted molar refractivity (Wildman–Crippen MR) is 157 cm³/mol. The highest BCUT2D eigenvalue weighted by Crippen LogP contribution is 2.43. The largest absolute Gasteiger partial charge is 0.324 e. The highest BCUT2D eigenvalue weighted by Gasteiger charge is 2.39. The molecule has 1 aromatic heterocycles. The van der Waals surface area contributed by atoms with E-state index in [-0.39, 0.29) is 22.1 Å². The van der Waals surface area contributed by atoms with Crippen molar-refractivity contribution in [3.8, 4) is 0 Å². The monoisotopic (exact) mass is 581 g/mol. The van der Waals surface area contributed by atoms with Crippen molar-refractivity contribution in [2.75, 3.05) is 37.8 Å². The number of Topliss-reactive ketones (excluding diaryl/α,β-unsaturated/α-hetero) is 1. The van der Waals surface area contributed by atoms with Crippen molar-refractivity contribution < 1.29 is 14.4 Å². The number of hydrazine groups is 1. The summed E-state index contributed by atoms with van der Waals surface area (Å²) in [7, 11) is 3.93. The molecule has 1 aliphatic heterocycles. The number of hydrogen-bond donors (Lipinski definition) is 4. The number of amides is 3. The lowest BCUT2D eigenvalue weighted by Gasteiger charge is -2.25. The summed E-state index contributed by atoms with van der Waals surface area (Å²) in [6.45, 7) is 10.9. The number of likely N-dealkylation sites (N-methyl/N-ethyl adjacent to an activating group) is 1. The minimum Gasteiger partial charge on any atom is -0.309 e. The van der Waals surface area contributed by atoms with Crippen LogP contribution < -0.4 is 21.5 Å². The Labute approximate surface area is 238 Å². The summed E-state index contributed by atoms with van der Waals surface area (Å²) in [4.78, 5) is 42.7. The number of ketones is 1. The molecule has 4 N–H and O–H groups in total. The van der Waals surface area contributed by atoms with Crippen LogP contribution in [0.25, 0.3) is 0 Å². The van der Waals surface area contributed by atoms with Crippen LogP contribution in [0.5, 0.6) is 0 Å². The standard InChI is InChI=1S/C27H37Cl2N5O3S/c1-26(2,3)22-19(21(35)15-13-27(4,5)24(36)33-30-14-15)16(11-12-34(6)7)23(38-22)32-25(37)31-18-10-8-9-17(28)20(18)29/h8-10,15,30H,11-14H2,1-7H3,(H,33,36)(H2,31,32,37). The van der Waals surface area contributed by atoms with Crippen molar-refractivity contribution in [1.29, 1.82) is 0 Å². The van der Waals surface area contributed by atoms with Gasteiger partial charge in [-0.1, -0.05) is 63.9 Å². The van der Waals surface area contributed by atoms with E-state index < -0.39 is 17.4 Å². The van der Waals surface area contributed by atoms with Crippen LogP contribution in [0.15, 0.2) is 18.2 Å². The molecule has 0 saturated carbocycles. The number of anilines is 2. The van der Waals surface area contributed by atoms with E-state index in [1.807, 2.05) is 32.8 Å². The van der Waals surface area contributed by atoms with Gasteiger partial charge in [0.05, 0.1) is 15.7 Å². The van der Waals surface area contributed by atoms with Gasteiger partial charge in [-0.05, 0) is 50.0 Å². The third-order valence-corrected chi connectivity index (χ3v) is 8.86. The first-order chi connectivity index (χ1) is 17.6. The van der Waals surface area contributed by atoms with Crippen molar-refractivity contribution in [3.63, 3.8) is 0 Å². The Bertz CT molecular complexity index is 1220. The number of urea groups is 1. The van der Waals surface area contributed by atoms with Crippen molar-refractivity contribution >= 4 is 62.9 Å². The average molecular weight is 583 g/mol. The first-order valence-electron chi connectivity index (χ1n) is 12.5. The Morgan fingerprint density at radius 2 is 1.87 bits per heavy atom.